The van der Waals surface area contributed by atoms with E-state index in [0.717, 1.165) is 32.5 Å². The van der Waals surface area contributed by atoms with Crippen molar-refractivity contribution >= 4 is 22.6 Å². The first-order valence-corrected chi connectivity index (χ1v) is 8.11. The number of carbonyl (C=O) groups is 1. The lowest BCUT2D eigenvalue weighted by atomic mass is 10.2. The highest BCUT2D eigenvalue weighted by Gasteiger charge is 2.18. The average molecular weight is 334 g/mol. The third-order valence-corrected chi connectivity index (χ3v) is 3.96. The van der Waals surface area contributed by atoms with Gasteiger partial charge in [-0.2, -0.15) is 0 Å². The number of fused-ring (bicyclic) bond motifs is 1. The topological polar surface area (TPSA) is 102 Å². The molecule has 0 atom stereocenters. The molecule has 0 saturated carbocycles. The van der Waals surface area contributed by atoms with Crippen LogP contribution in [0.4, 0.5) is 5.69 Å². The summed E-state index contributed by atoms with van der Waals surface area (Å²) in [4.78, 5) is 24.7. The Balaban J connectivity index is 1.89. The van der Waals surface area contributed by atoms with Gasteiger partial charge in [-0.3, -0.25) is 14.9 Å². The van der Waals surface area contributed by atoms with Crippen LogP contribution in [0.15, 0.2) is 22.7 Å². The summed E-state index contributed by atoms with van der Waals surface area (Å²) in [5, 5.41) is 17.8. The Hall–Kier alpha value is -2.48. The van der Waals surface area contributed by atoms with E-state index in [9.17, 15) is 14.9 Å². The zero-order chi connectivity index (χ0) is 17.5. The van der Waals surface area contributed by atoms with E-state index in [0.29, 0.717) is 11.9 Å². The van der Waals surface area contributed by atoms with Gasteiger partial charge in [0, 0.05) is 12.6 Å². The highest BCUT2D eigenvalue weighted by atomic mass is 16.6. The van der Waals surface area contributed by atoms with Crippen LogP contribution in [0.25, 0.3) is 11.0 Å². The number of nitrogens with one attached hydrogen (secondary N) is 1. The van der Waals surface area contributed by atoms with Crippen molar-refractivity contribution < 1.29 is 14.2 Å². The van der Waals surface area contributed by atoms with Crippen molar-refractivity contribution in [2.24, 2.45) is 0 Å². The molecule has 1 N–H and O–H groups in total. The van der Waals surface area contributed by atoms with Gasteiger partial charge < -0.3 is 14.7 Å². The summed E-state index contributed by atoms with van der Waals surface area (Å²) in [6.07, 6.45) is 1.89. The minimum Gasteiger partial charge on any atom is -0.355 e. The second kappa shape index (κ2) is 8.39. The van der Waals surface area contributed by atoms with E-state index in [1.165, 1.54) is 18.2 Å². The van der Waals surface area contributed by atoms with Crippen molar-refractivity contribution in [2.45, 2.75) is 26.7 Å². The minimum atomic E-state index is -0.516. The Morgan fingerprint density at radius 1 is 1.33 bits per heavy atom. The smallest absolute Gasteiger partial charge is 0.274 e. The van der Waals surface area contributed by atoms with E-state index in [1.807, 2.05) is 0 Å². The summed E-state index contributed by atoms with van der Waals surface area (Å²) in [5.41, 5.74) is 0.293. The number of benzene rings is 1. The third kappa shape index (κ3) is 4.29. The molecule has 0 unspecified atom stereocenters. The van der Waals surface area contributed by atoms with Crippen molar-refractivity contribution in [3.8, 4) is 0 Å². The normalized spacial score (nSPS) is 11.1. The number of nitro groups is 1. The number of unbranched alkanes of at least 4 members (excludes halogenated alkanes) is 1. The average Bonchev–Trinajstić information content (AvgIpc) is 3.01. The second-order valence-electron chi connectivity index (χ2n) is 5.46. The van der Waals surface area contributed by atoms with E-state index in [4.69, 9.17) is 4.52 Å². The Morgan fingerprint density at radius 2 is 2.08 bits per heavy atom. The molecular weight excluding hydrogens is 312 g/mol. The van der Waals surface area contributed by atoms with Crippen molar-refractivity contribution in [1.29, 1.82) is 0 Å². The van der Waals surface area contributed by atoms with E-state index in [-0.39, 0.29) is 22.9 Å². The number of nitrogens with zero attached hydrogens (tertiary/aromatic N) is 3. The third-order valence-electron chi connectivity index (χ3n) is 3.96. The Morgan fingerprint density at radius 3 is 2.75 bits per heavy atom. The summed E-state index contributed by atoms with van der Waals surface area (Å²) < 4.78 is 5.03. The van der Waals surface area contributed by atoms with Crippen LogP contribution in [0.1, 0.15) is 37.2 Å². The Labute approximate surface area is 139 Å². The number of hydrogen-bond donors (Lipinski definition) is 1. The quantitative estimate of drug-likeness (QED) is 0.430. The van der Waals surface area contributed by atoms with Crippen LogP contribution >= 0.6 is 0 Å². The number of amides is 1. The van der Waals surface area contributed by atoms with Gasteiger partial charge in [0.25, 0.3) is 11.6 Å². The molecule has 0 aliphatic rings. The van der Waals surface area contributed by atoms with Crippen LogP contribution < -0.4 is 5.32 Å². The lowest BCUT2D eigenvalue weighted by molar-refractivity contribution is -0.384. The Kier molecular flexibility index (Phi) is 6.25. The van der Waals surface area contributed by atoms with Crippen LogP contribution in [0, 0.1) is 10.1 Å². The predicted octanol–water partition coefficient (Wildman–Crippen LogP) is 2.59. The lowest BCUT2D eigenvalue weighted by Gasteiger charge is -2.17. The predicted molar refractivity (Wildman–Crippen MR) is 90.0 cm³/mol. The maximum atomic E-state index is 12.2. The SMILES string of the molecule is CCN(CC)CCCCNC(=O)c1noc2cc([N+](=O)[O-])ccc12. The summed E-state index contributed by atoms with van der Waals surface area (Å²) in [6.45, 7) is 7.89. The van der Waals surface area contributed by atoms with E-state index in [2.05, 4.69) is 29.2 Å². The fourth-order valence-electron chi connectivity index (χ4n) is 2.49. The summed E-state index contributed by atoms with van der Waals surface area (Å²) in [7, 11) is 0. The van der Waals surface area contributed by atoms with E-state index >= 15 is 0 Å². The van der Waals surface area contributed by atoms with Crippen LogP contribution in [0.5, 0.6) is 0 Å². The molecule has 1 heterocycles. The van der Waals surface area contributed by atoms with E-state index < -0.39 is 4.92 Å². The Bertz CT molecular complexity index is 709. The first-order chi connectivity index (χ1) is 11.6. The molecule has 2 aromatic rings. The van der Waals surface area contributed by atoms with Crippen LogP contribution in [0.3, 0.4) is 0 Å². The molecule has 1 aromatic carbocycles. The van der Waals surface area contributed by atoms with Gasteiger partial charge in [-0.25, -0.2) is 0 Å². The zero-order valence-electron chi connectivity index (χ0n) is 13.9. The second-order valence-corrected chi connectivity index (χ2v) is 5.46. The van der Waals surface area contributed by atoms with Crippen molar-refractivity contribution in [2.75, 3.05) is 26.2 Å². The number of hydrogen-bond acceptors (Lipinski definition) is 6. The number of non-ortho nitro benzene ring substituents is 1. The van der Waals surface area contributed by atoms with Crippen LogP contribution in [-0.4, -0.2) is 47.1 Å². The highest BCUT2D eigenvalue weighted by molar-refractivity contribution is 6.04. The number of rotatable bonds is 9. The van der Waals surface area contributed by atoms with Crippen LogP contribution in [-0.2, 0) is 0 Å². The first kappa shape index (κ1) is 17.9. The van der Waals surface area contributed by atoms with Gasteiger partial charge in [0.2, 0.25) is 0 Å². The van der Waals surface area contributed by atoms with E-state index in [1.54, 1.807) is 0 Å². The van der Waals surface area contributed by atoms with Gasteiger partial charge in [0.15, 0.2) is 11.3 Å². The number of nitro benzene ring substituents is 1. The standard InChI is InChI=1S/C16H22N4O4/c1-3-19(4-2)10-6-5-9-17-16(21)15-13-8-7-12(20(22)23)11-14(13)24-18-15/h7-8,11H,3-6,9-10H2,1-2H3,(H,17,21). The van der Waals surface area contributed by atoms with Gasteiger partial charge in [0.1, 0.15) is 0 Å². The maximum absolute atomic E-state index is 12.2. The molecule has 2 rings (SSSR count). The fourth-order valence-corrected chi connectivity index (χ4v) is 2.49. The number of carbonyl (C=O) groups excluding carboxylic acids is 1. The molecule has 1 aromatic heterocycles. The molecule has 8 heteroatoms. The molecule has 8 nitrogen and oxygen atoms in total. The monoisotopic (exact) mass is 334 g/mol. The molecule has 0 bridgehead atoms. The molecule has 0 saturated heterocycles. The molecule has 130 valence electrons. The van der Waals surface area contributed by atoms with Gasteiger partial charge >= 0.3 is 0 Å². The lowest BCUT2D eigenvalue weighted by Crippen LogP contribution is -2.27. The maximum Gasteiger partial charge on any atom is 0.274 e. The molecule has 0 aliphatic heterocycles. The van der Waals surface area contributed by atoms with Crippen molar-refractivity contribution in [3.05, 3.63) is 34.0 Å². The molecule has 1 amide bonds. The van der Waals surface area contributed by atoms with Gasteiger partial charge in [-0.15, -0.1) is 0 Å². The largest absolute Gasteiger partial charge is 0.355 e. The summed E-state index contributed by atoms with van der Waals surface area (Å²) in [6, 6.07) is 4.09. The zero-order valence-corrected chi connectivity index (χ0v) is 13.9. The minimum absolute atomic E-state index is 0.0954. The van der Waals surface area contributed by atoms with Gasteiger partial charge in [-0.1, -0.05) is 19.0 Å². The summed E-state index contributed by atoms with van der Waals surface area (Å²) >= 11 is 0. The fraction of sp³-hybridized carbons (Fsp3) is 0.500. The summed E-state index contributed by atoms with van der Waals surface area (Å²) in [5.74, 6) is -0.328. The first-order valence-electron chi connectivity index (χ1n) is 8.11. The van der Waals surface area contributed by atoms with Crippen LogP contribution in [0.2, 0.25) is 0 Å². The molecule has 0 fully saturated rings. The number of aromatic nitrogens is 1. The molecule has 0 radical (unpaired) electrons. The molecule has 24 heavy (non-hydrogen) atoms. The highest BCUT2D eigenvalue weighted by Crippen LogP contribution is 2.23. The molecule has 0 spiro atoms. The van der Waals surface area contributed by atoms with Gasteiger partial charge in [-0.05, 0) is 38.5 Å². The molecule has 0 aliphatic carbocycles. The van der Waals surface area contributed by atoms with Gasteiger partial charge in [0.05, 0.1) is 16.4 Å². The van der Waals surface area contributed by atoms with Crippen molar-refractivity contribution in [1.82, 2.24) is 15.4 Å². The molecular formula is C16H22N4O4. The van der Waals surface area contributed by atoms with Crippen molar-refractivity contribution in [3.63, 3.8) is 0 Å².